The standard InChI is InChI=1S/C15H19N3OSi/c1-11-6-5-7-14(19-20(3)4)15(11)18-12(2)13-10-16-8-9-17-13/h5-10,20H,1-4H3. The number of para-hydroxylation sites is 1. The summed E-state index contributed by atoms with van der Waals surface area (Å²) in [5.41, 5.74) is 3.60. The van der Waals surface area contributed by atoms with E-state index in [2.05, 4.69) is 23.1 Å². The number of hydrogen-bond donors (Lipinski definition) is 0. The van der Waals surface area contributed by atoms with Gasteiger partial charge in [0.05, 0.1) is 11.9 Å². The Morgan fingerprint density at radius 2 is 2.05 bits per heavy atom. The van der Waals surface area contributed by atoms with Gasteiger partial charge in [0.2, 0.25) is 9.04 Å². The highest BCUT2D eigenvalue weighted by Crippen LogP contribution is 2.32. The lowest BCUT2D eigenvalue weighted by Crippen LogP contribution is -2.11. The first-order chi connectivity index (χ1) is 9.58. The predicted molar refractivity (Wildman–Crippen MR) is 84.6 cm³/mol. The van der Waals surface area contributed by atoms with Crippen molar-refractivity contribution in [2.45, 2.75) is 26.9 Å². The maximum atomic E-state index is 5.96. The molecule has 20 heavy (non-hydrogen) atoms. The second kappa shape index (κ2) is 6.43. The van der Waals surface area contributed by atoms with Crippen LogP contribution in [0.1, 0.15) is 18.2 Å². The molecule has 0 spiro atoms. The Labute approximate surface area is 121 Å². The third-order valence-electron chi connectivity index (χ3n) is 2.78. The zero-order chi connectivity index (χ0) is 14.5. The number of aromatic nitrogens is 2. The maximum absolute atomic E-state index is 5.96. The van der Waals surface area contributed by atoms with Gasteiger partial charge in [0.1, 0.15) is 17.1 Å². The first-order valence-corrected chi connectivity index (χ1v) is 9.44. The van der Waals surface area contributed by atoms with E-state index >= 15 is 0 Å². The van der Waals surface area contributed by atoms with Crippen molar-refractivity contribution >= 4 is 20.4 Å². The van der Waals surface area contributed by atoms with E-state index in [0.717, 1.165) is 28.4 Å². The van der Waals surface area contributed by atoms with Crippen LogP contribution in [0, 0.1) is 6.92 Å². The van der Waals surface area contributed by atoms with E-state index in [0.29, 0.717) is 0 Å². The van der Waals surface area contributed by atoms with Crippen LogP contribution in [0.3, 0.4) is 0 Å². The summed E-state index contributed by atoms with van der Waals surface area (Å²) in [5, 5.41) is 0. The molecule has 104 valence electrons. The molecular formula is C15H19N3OSi. The van der Waals surface area contributed by atoms with Crippen molar-refractivity contribution in [2.24, 2.45) is 4.99 Å². The van der Waals surface area contributed by atoms with Crippen molar-refractivity contribution in [1.82, 2.24) is 9.97 Å². The van der Waals surface area contributed by atoms with Gasteiger partial charge in [-0.05, 0) is 38.6 Å². The van der Waals surface area contributed by atoms with Gasteiger partial charge in [0, 0.05) is 12.4 Å². The minimum absolute atomic E-state index is 0.781. The third kappa shape index (κ3) is 3.51. The molecule has 0 aliphatic rings. The molecule has 0 radical (unpaired) electrons. The number of nitrogens with zero attached hydrogens (tertiary/aromatic N) is 3. The summed E-state index contributed by atoms with van der Waals surface area (Å²) in [5.74, 6) is 0.856. The van der Waals surface area contributed by atoms with E-state index in [-0.39, 0.29) is 0 Å². The van der Waals surface area contributed by atoms with Crippen LogP contribution in [0.2, 0.25) is 13.1 Å². The largest absolute Gasteiger partial charge is 0.546 e. The van der Waals surface area contributed by atoms with E-state index in [1.54, 1.807) is 18.6 Å². The van der Waals surface area contributed by atoms with Crippen LogP contribution in [0.4, 0.5) is 5.69 Å². The van der Waals surface area contributed by atoms with E-state index < -0.39 is 9.04 Å². The normalized spacial score (nSPS) is 11.8. The maximum Gasteiger partial charge on any atom is 0.229 e. The molecule has 0 fully saturated rings. The molecule has 1 aromatic heterocycles. The van der Waals surface area contributed by atoms with Gasteiger partial charge in [-0.1, -0.05) is 12.1 Å². The third-order valence-corrected chi connectivity index (χ3v) is 3.50. The average molecular weight is 285 g/mol. The Morgan fingerprint density at radius 1 is 1.25 bits per heavy atom. The van der Waals surface area contributed by atoms with E-state index in [4.69, 9.17) is 9.42 Å². The molecule has 1 aromatic carbocycles. The topological polar surface area (TPSA) is 47.4 Å². The van der Waals surface area contributed by atoms with Crippen LogP contribution in [0.5, 0.6) is 5.75 Å². The number of hydrogen-bond acceptors (Lipinski definition) is 4. The molecule has 0 saturated carbocycles. The van der Waals surface area contributed by atoms with Crippen LogP contribution in [-0.4, -0.2) is 24.7 Å². The molecule has 0 amide bonds. The number of rotatable bonds is 4. The quantitative estimate of drug-likeness (QED) is 0.639. The highest BCUT2D eigenvalue weighted by atomic mass is 28.3. The molecule has 4 nitrogen and oxygen atoms in total. The Kier molecular flexibility index (Phi) is 4.63. The van der Waals surface area contributed by atoms with Crippen LogP contribution in [0.25, 0.3) is 0 Å². The summed E-state index contributed by atoms with van der Waals surface area (Å²) in [6.45, 7) is 8.27. The Morgan fingerprint density at radius 3 is 2.70 bits per heavy atom. The van der Waals surface area contributed by atoms with E-state index in [1.807, 2.05) is 32.0 Å². The smallest absolute Gasteiger partial charge is 0.229 e. The van der Waals surface area contributed by atoms with E-state index in [9.17, 15) is 0 Å². The second-order valence-corrected chi connectivity index (χ2v) is 7.21. The van der Waals surface area contributed by atoms with Crippen molar-refractivity contribution in [3.63, 3.8) is 0 Å². The number of aliphatic imine (C=N–C) groups is 1. The molecule has 0 bridgehead atoms. The highest BCUT2D eigenvalue weighted by molar-refractivity contribution is 6.49. The molecule has 2 aromatic rings. The molecule has 0 saturated heterocycles. The lowest BCUT2D eigenvalue weighted by Gasteiger charge is -2.14. The fourth-order valence-electron chi connectivity index (χ4n) is 1.84. The monoisotopic (exact) mass is 285 g/mol. The van der Waals surface area contributed by atoms with Crippen molar-refractivity contribution in [2.75, 3.05) is 0 Å². The van der Waals surface area contributed by atoms with Gasteiger partial charge in [0.15, 0.2) is 0 Å². The Bertz CT molecular complexity index is 612. The van der Waals surface area contributed by atoms with Gasteiger partial charge in [0.25, 0.3) is 0 Å². The predicted octanol–water partition coefficient (Wildman–Crippen LogP) is 3.29. The molecule has 2 rings (SSSR count). The summed E-state index contributed by atoms with van der Waals surface area (Å²) in [4.78, 5) is 13.0. The number of aryl methyl sites for hydroxylation is 1. The summed E-state index contributed by atoms with van der Waals surface area (Å²) in [6, 6.07) is 6.01. The van der Waals surface area contributed by atoms with Crippen molar-refractivity contribution in [3.8, 4) is 5.75 Å². The Balaban J connectivity index is 2.42. The van der Waals surface area contributed by atoms with Crippen LogP contribution >= 0.6 is 0 Å². The molecule has 0 aliphatic heterocycles. The van der Waals surface area contributed by atoms with Crippen molar-refractivity contribution < 1.29 is 4.43 Å². The molecular weight excluding hydrogens is 266 g/mol. The fraction of sp³-hybridized carbons (Fsp3) is 0.267. The van der Waals surface area contributed by atoms with Gasteiger partial charge in [-0.15, -0.1) is 0 Å². The van der Waals surface area contributed by atoms with Crippen LogP contribution in [0.15, 0.2) is 41.8 Å². The fourth-order valence-corrected chi connectivity index (χ4v) is 2.53. The molecule has 0 unspecified atom stereocenters. The van der Waals surface area contributed by atoms with Crippen LogP contribution in [-0.2, 0) is 0 Å². The lowest BCUT2D eigenvalue weighted by atomic mass is 10.2. The van der Waals surface area contributed by atoms with Gasteiger partial charge in [-0.25, -0.2) is 4.99 Å². The zero-order valence-electron chi connectivity index (χ0n) is 12.3. The SMILES string of the molecule is CC(=Nc1c(C)cccc1O[SiH](C)C)c1cnccn1. The average Bonchev–Trinajstić information content (AvgIpc) is 2.43. The molecule has 1 heterocycles. The van der Waals surface area contributed by atoms with E-state index in [1.165, 1.54) is 0 Å². The summed E-state index contributed by atoms with van der Waals surface area (Å²) in [6.07, 6.45) is 5.04. The van der Waals surface area contributed by atoms with Crippen molar-refractivity contribution in [3.05, 3.63) is 48.0 Å². The lowest BCUT2D eigenvalue weighted by molar-refractivity contribution is 0.581. The van der Waals surface area contributed by atoms with Gasteiger partial charge in [-0.2, -0.15) is 0 Å². The van der Waals surface area contributed by atoms with Gasteiger partial charge in [-0.3, -0.25) is 9.97 Å². The Hall–Kier alpha value is -2.01. The number of benzene rings is 1. The summed E-state index contributed by atoms with van der Waals surface area (Å²) >= 11 is 0. The molecule has 0 aliphatic carbocycles. The first kappa shape index (κ1) is 14.4. The summed E-state index contributed by atoms with van der Waals surface area (Å²) in [7, 11) is -1.16. The van der Waals surface area contributed by atoms with Crippen molar-refractivity contribution in [1.29, 1.82) is 0 Å². The highest BCUT2D eigenvalue weighted by Gasteiger charge is 2.09. The van der Waals surface area contributed by atoms with Gasteiger partial charge < -0.3 is 4.43 Å². The summed E-state index contributed by atoms with van der Waals surface area (Å²) < 4.78 is 5.96. The molecule has 0 atom stereocenters. The molecule has 5 heteroatoms. The van der Waals surface area contributed by atoms with Gasteiger partial charge >= 0.3 is 0 Å². The molecule has 0 N–H and O–H groups in total. The first-order valence-electron chi connectivity index (χ1n) is 6.66. The minimum atomic E-state index is -1.16. The van der Waals surface area contributed by atoms with Crippen LogP contribution < -0.4 is 4.43 Å². The second-order valence-electron chi connectivity index (χ2n) is 4.88. The zero-order valence-corrected chi connectivity index (χ0v) is 13.4. The minimum Gasteiger partial charge on any atom is -0.546 e.